The minimum Gasteiger partial charge on any atom is -0.326 e. The quantitative estimate of drug-likeness (QED) is 0.441. The Morgan fingerprint density at radius 2 is 1.75 bits per heavy atom. The van der Waals surface area contributed by atoms with Crippen LogP contribution in [0, 0.1) is 0 Å². The van der Waals surface area contributed by atoms with Crippen LogP contribution in [0.3, 0.4) is 0 Å². The molecule has 0 saturated heterocycles. The van der Waals surface area contributed by atoms with E-state index in [0.29, 0.717) is 0 Å². The van der Waals surface area contributed by atoms with E-state index in [9.17, 15) is 0 Å². The molecular weight excluding hydrogens is 108 g/mol. The maximum absolute atomic E-state index is 8.30. The summed E-state index contributed by atoms with van der Waals surface area (Å²) in [4.78, 5) is 0. The van der Waals surface area contributed by atoms with Gasteiger partial charge in [0.15, 0.2) is 0 Å². The second kappa shape index (κ2) is 2.99. The molecule has 0 radical (unpaired) electrons. The summed E-state index contributed by atoms with van der Waals surface area (Å²) in [7, 11) is 0. The highest BCUT2D eigenvalue weighted by atomic mass is 16.8. The number of nitrogens with zero attached hydrogens (tertiary/aromatic N) is 1. The summed E-state index contributed by atoms with van der Waals surface area (Å²) in [5.41, 5.74) is 5.28. The Hall–Kier alpha value is -0.160. The first-order chi connectivity index (χ1) is 3.55. The first-order valence-electron chi connectivity index (χ1n) is 2.48. The molecular formula is C4H12N2O2. The number of hydrogen-bond donors (Lipinski definition) is 3. The van der Waals surface area contributed by atoms with E-state index in [1.807, 2.05) is 0 Å². The van der Waals surface area contributed by atoms with Crippen LogP contribution >= 0.6 is 0 Å². The van der Waals surface area contributed by atoms with Crippen molar-refractivity contribution in [3.63, 3.8) is 0 Å². The van der Waals surface area contributed by atoms with Crippen LogP contribution in [0.5, 0.6) is 0 Å². The minimum absolute atomic E-state index is 0.116. The van der Waals surface area contributed by atoms with Crippen LogP contribution < -0.4 is 5.73 Å². The predicted molar refractivity (Wildman–Crippen MR) is 28.5 cm³/mol. The van der Waals surface area contributed by atoms with Crippen molar-refractivity contribution in [1.29, 1.82) is 0 Å². The summed E-state index contributed by atoms with van der Waals surface area (Å²) in [6, 6.07) is -0.639. The maximum Gasteiger partial charge on any atom is 0.0743 e. The fourth-order valence-electron chi connectivity index (χ4n) is 0.210. The first kappa shape index (κ1) is 7.84. The first-order valence-corrected chi connectivity index (χ1v) is 2.48. The van der Waals surface area contributed by atoms with Crippen molar-refractivity contribution in [2.45, 2.75) is 25.9 Å². The average Bonchev–Trinajstić information content (AvgIpc) is 1.64. The van der Waals surface area contributed by atoms with Gasteiger partial charge < -0.3 is 5.73 Å². The number of rotatable bonds is 2. The Morgan fingerprint density at radius 1 is 1.38 bits per heavy atom. The summed E-state index contributed by atoms with van der Waals surface area (Å²) < 4.78 is 0. The van der Waals surface area contributed by atoms with E-state index < -0.39 is 6.04 Å². The van der Waals surface area contributed by atoms with Gasteiger partial charge in [0.25, 0.3) is 0 Å². The Kier molecular flexibility index (Phi) is 2.93. The van der Waals surface area contributed by atoms with Gasteiger partial charge in [-0.15, -0.1) is 0 Å². The Morgan fingerprint density at radius 3 is 1.75 bits per heavy atom. The predicted octanol–water partition coefficient (Wildman–Crippen LogP) is -0.198. The molecule has 0 aliphatic carbocycles. The molecule has 0 spiro atoms. The summed E-state index contributed by atoms with van der Waals surface area (Å²) >= 11 is 0. The summed E-state index contributed by atoms with van der Waals surface area (Å²) in [6.07, 6.45) is 0. The van der Waals surface area contributed by atoms with Gasteiger partial charge in [-0.25, -0.2) is 0 Å². The van der Waals surface area contributed by atoms with Crippen molar-refractivity contribution >= 4 is 0 Å². The standard InChI is InChI=1S/C4H12N2O2/c1-3(5)4(2)6(7)8/h3-4,7-8H,5H2,1-2H3. The molecule has 0 rings (SSSR count). The summed E-state index contributed by atoms with van der Waals surface area (Å²) in [5, 5.41) is 16.7. The van der Waals surface area contributed by atoms with Gasteiger partial charge in [0.1, 0.15) is 0 Å². The van der Waals surface area contributed by atoms with Crippen molar-refractivity contribution in [3.05, 3.63) is 0 Å². The van der Waals surface area contributed by atoms with E-state index in [0.717, 1.165) is 0 Å². The minimum atomic E-state index is -0.407. The van der Waals surface area contributed by atoms with Gasteiger partial charge in [-0.3, -0.25) is 10.4 Å². The lowest BCUT2D eigenvalue weighted by molar-refractivity contribution is -0.330. The zero-order valence-corrected chi connectivity index (χ0v) is 5.07. The largest absolute Gasteiger partial charge is 0.326 e. The molecule has 0 aromatic rings. The highest BCUT2D eigenvalue weighted by Crippen LogP contribution is 1.93. The lowest BCUT2D eigenvalue weighted by atomic mass is 10.2. The second-order valence-corrected chi connectivity index (χ2v) is 1.92. The highest BCUT2D eigenvalue weighted by Gasteiger charge is 2.11. The Labute approximate surface area is 48.4 Å². The van der Waals surface area contributed by atoms with Crippen LogP contribution in [0.2, 0.25) is 0 Å². The van der Waals surface area contributed by atoms with E-state index in [2.05, 4.69) is 0 Å². The zero-order valence-electron chi connectivity index (χ0n) is 5.07. The van der Waals surface area contributed by atoms with Crippen LogP contribution in [-0.4, -0.2) is 27.7 Å². The van der Waals surface area contributed by atoms with Crippen molar-refractivity contribution in [2.75, 3.05) is 0 Å². The van der Waals surface area contributed by atoms with Crippen LogP contribution in [0.1, 0.15) is 13.8 Å². The van der Waals surface area contributed by atoms with Crippen molar-refractivity contribution in [2.24, 2.45) is 5.73 Å². The van der Waals surface area contributed by atoms with E-state index in [-0.39, 0.29) is 11.3 Å². The summed E-state index contributed by atoms with van der Waals surface area (Å²) in [6.45, 7) is 3.31. The monoisotopic (exact) mass is 120 g/mol. The van der Waals surface area contributed by atoms with Gasteiger partial charge in [0.2, 0.25) is 0 Å². The van der Waals surface area contributed by atoms with Gasteiger partial charge in [-0.2, -0.15) is 0 Å². The maximum atomic E-state index is 8.30. The van der Waals surface area contributed by atoms with E-state index in [1.54, 1.807) is 13.8 Å². The molecule has 0 aliphatic heterocycles. The van der Waals surface area contributed by atoms with Crippen molar-refractivity contribution < 1.29 is 10.4 Å². The molecule has 4 N–H and O–H groups in total. The van der Waals surface area contributed by atoms with Crippen LogP contribution in [0.4, 0.5) is 0 Å². The lowest BCUT2D eigenvalue weighted by Gasteiger charge is -2.18. The smallest absolute Gasteiger partial charge is 0.0743 e. The molecule has 0 fully saturated rings. The molecule has 2 unspecified atom stereocenters. The van der Waals surface area contributed by atoms with Crippen molar-refractivity contribution in [1.82, 2.24) is 5.23 Å². The van der Waals surface area contributed by atoms with Gasteiger partial charge in [0, 0.05) is 6.04 Å². The van der Waals surface area contributed by atoms with Crippen LogP contribution in [0.25, 0.3) is 0 Å². The molecule has 8 heavy (non-hydrogen) atoms. The third-order valence-electron chi connectivity index (χ3n) is 1.13. The van der Waals surface area contributed by atoms with Crippen molar-refractivity contribution in [3.8, 4) is 0 Å². The van der Waals surface area contributed by atoms with Crippen LogP contribution in [0.15, 0.2) is 0 Å². The lowest BCUT2D eigenvalue weighted by Crippen LogP contribution is -2.40. The number of hydroxylamine groups is 2. The van der Waals surface area contributed by atoms with Gasteiger partial charge in [0.05, 0.1) is 6.04 Å². The molecule has 0 aromatic heterocycles. The molecule has 0 heterocycles. The molecule has 50 valence electrons. The van der Waals surface area contributed by atoms with Gasteiger partial charge in [-0.05, 0) is 13.8 Å². The van der Waals surface area contributed by atoms with Gasteiger partial charge in [-0.1, -0.05) is 5.23 Å². The topological polar surface area (TPSA) is 69.7 Å². The average molecular weight is 120 g/mol. The van der Waals surface area contributed by atoms with Gasteiger partial charge >= 0.3 is 0 Å². The fraction of sp³-hybridized carbons (Fsp3) is 1.00. The highest BCUT2D eigenvalue weighted by molar-refractivity contribution is 4.63. The molecule has 0 saturated carbocycles. The normalized spacial score (nSPS) is 18.8. The number of nitrogens with two attached hydrogens (primary N) is 1. The third kappa shape index (κ3) is 2.23. The van der Waals surface area contributed by atoms with E-state index in [1.165, 1.54) is 0 Å². The molecule has 0 amide bonds. The van der Waals surface area contributed by atoms with E-state index >= 15 is 0 Å². The zero-order chi connectivity index (χ0) is 6.73. The van der Waals surface area contributed by atoms with Crippen LogP contribution in [-0.2, 0) is 0 Å². The molecule has 0 bridgehead atoms. The molecule has 4 heteroatoms. The SMILES string of the molecule is CC(N)C(C)N(O)O. The molecule has 0 aromatic carbocycles. The number of hydrogen-bond acceptors (Lipinski definition) is 4. The second-order valence-electron chi connectivity index (χ2n) is 1.92. The molecule has 4 nitrogen and oxygen atoms in total. The summed E-state index contributed by atoms with van der Waals surface area (Å²) in [5.74, 6) is 0. The fourth-order valence-corrected chi connectivity index (χ4v) is 0.210. The van der Waals surface area contributed by atoms with E-state index in [4.69, 9.17) is 16.1 Å². The Balaban J connectivity index is 3.46. The molecule has 0 aliphatic rings. The third-order valence-corrected chi connectivity index (χ3v) is 1.13. The Bertz CT molecular complexity index is 57.1. The molecule has 2 atom stereocenters.